The molecule has 4 nitrogen and oxygen atoms in total. The van der Waals surface area contributed by atoms with Crippen molar-refractivity contribution in [3.63, 3.8) is 0 Å². The molecule has 0 spiro atoms. The number of hydrogen-bond donors (Lipinski definition) is 2. The van der Waals surface area contributed by atoms with E-state index in [1.807, 2.05) is 12.3 Å². The average Bonchev–Trinajstić information content (AvgIpc) is 2.79. The summed E-state index contributed by atoms with van der Waals surface area (Å²) in [4.78, 5) is 13.0. The van der Waals surface area contributed by atoms with Crippen LogP contribution in [0.15, 0.2) is 23.6 Å². The van der Waals surface area contributed by atoms with E-state index in [1.54, 1.807) is 18.2 Å². The van der Waals surface area contributed by atoms with Gasteiger partial charge in [-0.2, -0.15) is 0 Å². The summed E-state index contributed by atoms with van der Waals surface area (Å²) in [5, 5.41) is 5.05. The quantitative estimate of drug-likeness (QED) is 0.835. The Morgan fingerprint density at radius 1 is 1.48 bits per heavy atom. The number of carbonyl (C=O) groups excluding carboxylic acids is 1. The molecule has 2 aromatic rings. The predicted molar refractivity (Wildman–Crippen MR) is 90.9 cm³/mol. The number of hydrogen-bond acceptors (Lipinski definition) is 4. The number of nitrogens with one attached hydrogen (secondary N) is 1. The molecule has 0 atom stereocenters. The Labute approximate surface area is 136 Å². The number of rotatable bonds is 4. The van der Waals surface area contributed by atoms with Crippen LogP contribution < -0.4 is 15.8 Å². The summed E-state index contributed by atoms with van der Waals surface area (Å²) in [6.07, 6.45) is 0. The predicted octanol–water partition coefficient (Wildman–Crippen LogP) is 3.61. The maximum absolute atomic E-state index is 12.4. The van der Waals surface area contributed by atoms with E-state index in [1.165, 1.54) is 18.4 Å². The highest BCUT2D eigenvalue weighted by atomic mass is 35.5. The first-order chi connectivity index (χ1) is 9.95. The molecule has 1 aromatic carbocycles. The standard InChI is InChI=1S/C14H13ClN2O2S2/c1-7-6-21-12(10(7)15)14(18)17-11-8(13(16)20)4-3-5-9(11)19-2/h3-6H,1-2H3,(H2,16,20)(H,17,18). The van der Waals surface area contributed by atoms with E-state index >= 15 is 0 Å². The summed E-state index contributed by atoms with van der Waals surface area (Å²) < 4.78 is 5.25. The lowest BCUT2D eigenvalue weighted by atomic mass is 10.1. The number of anilines is 1. The summed E-state index contributed by atoms with van der Waals surface area (Å²) in [7, 11) is 1.51. The van der Waals surface area contributed by atoms with Crippen molar-refractivity contribution in [2.45, 2.75) is 6.92 Å². The first kappa shape index (κ1) is 15.8. The first-order valence-corrected chi connectivity index (χ1v) is 7.64. The average molecular weight is 341 g/mol. The van der Waals surface area contributed by atoms with Gasteiger partial charge in [0.15, 0.2) is 0 Å². The Hall–Kier alpha value is -1.63. The third-order valence-electron chi connectivity index (χ3n) is 2.86. The van der Waals surface area contributed by atoms with Crippen LogP contribution in [-0.2, 0) is 0 Å². The maximum Gasteiger partial charge on any atom is 0.267 e. The van der Waals surface area contributed by atoms with Gasteiger partial charge in [-0.3, -0.25) is 4.79 Å². The van der Waals surface area contributed by atoms with Gasteiger partial charge in [0.2, 0.25) is 0 Å². The molecule has 1 amide bonds. The molecular weight excluding hydrogens is 328 g/mol. The van der Waals surface area contributed by atoms with Gasteiger partial charge in [0, 0.05) is 5.56 Å². The molecule has 3 N–H and O–H groups in total. The number of methoxy groups -OCH3 is 1. The largest absolute Gasteiger partial charge is 0.495 e. The number of aryl methyl sites for hydroxylation is 1. The summed E-state index contributed by atoms with van der Waals surface area (Å²) in [6, 6.07) is 5.20. The van der Waals surface area contributed by atoms with Crippen LogP contribution in [0.25, 0.3) is 0 Å². The first-order valence-electron chi connectivity index (χ1n) is 5.97. The Morgan fingerprint density at radius 3 is 2.71 bits per heavy atom. The fourth-order valence-corrected chi connectivity index (χ4v) is 3.13. The van der Waals surface area contributed by atoms with Crippen LogP contribution in [-0.4, -0.2) is 18.0 Å². The number of thiophene rings is 1. The lowest BCUT2D eigenvalue weighted by Crippen LogP contribution is -2.18. The Morgan fingerprint density at radius 2 is 2.19 bits per heavy atom. The van der Waals surface area contributed by atoms with Crippen LogP contribution in [0.5, 0.6) is 5.75 Å². The molecule has 2 rings (SSSR count). The third kappa shape index (κ3) is 3.18. The van der Waals surface area contributed by atoms with E-state index in [0.717, 1.165) is 5.56 Å². The fraction of sp³-hybridized carbons (Fsp3) is 0.143. The SMILES string of the molecule is COc1cccc(C(N)=S)c1NC(=O)c1scc(C)c1Cl. The van der Waals surface area contributed by atoms with Crippen LogP contribution in [0.4, 0.5) is 5.69 Å². The minimum Gasteiger partial charge on any atom is -0.495 e. The van der Waals surface area contributed by atoms with Crippen LogP contribution in [0, 0.1) is 6.92 Å². The van der Waals surface area contributed by atoms with Crippen LogP contribution in [0.1, 0.15) is 20.8 Å². The summed E-state index contributed by atoms with van der Waals surface area (Å²) in [6.45, 7) is 1.85. The van der Waals surface area contributed by atoms with Gasteiger partial charge in [-0.15, -0.1) is 11.3 Å². The molecule has 0 fully saturated rings. The zero-order valence-electron chi connectivity index (χ0n) is 11.4. The molecule has 0 aliphatic rings. The molecule has 1 heterocycles. The van der Waals surface area contributed by atoms with E-state index in [4.69, 9.17) is 34.3 Å². The number of thiocarbonyl (C=S) groups is 1. The lowest BCUT2D eigenvalue weighted by Gasteiger charge is -2.14. The highest BCUT2D eigenvalue weighted by Gasteiger charge is 2.19. The highest BCUT2D eigenvalue weighted by molar-refractivity contribution is 7.80. The smallest absolute Gasteiger partial charge is 0.267 e. The van der Waals surface area contributed by atoms with E-state index in [-0.39, 0.29) is 10.9 Å². The number of amides is 1. The Balaban J connectivity index is 2.41. The second kappa shape index (κ2) is 6.43. The number of ether oxygens (including phenoxy) is 1. The van der Waals surface area contributed by atoms with Crippen molar-refractivity contribution in [3.05, 3.63) is 44.6 Å². The van der Waals surface area contributed by atoms with Crippen molar-refractivity contribution >= 4 is 51.7 Å². The Bertz CT molecular complexity index is 713. The molecule has 0 unspecified atom stereocenters. The third-order valence-corrected chi connectivity index (χ3v) is 4.77. The van der Waals surface area contributed by atoms with Gasteiger partial charge in [-0.25, -0.2) is 0 Å². The Kier molecular flexibility index (Phi) is 4.82. The van der Waals surface area contributed by atoms with Gasteiger partial charge in [-0.1, -0.05) is 29.9 Å². The molecular formula is C14H13ClN2O2S2. The zero-order valence-corrected chi connectivity index (χ0v) is 13.8. The van der Waals surface area contributed by atoms with Crippen LogP contribution in [0.3, 0.4) is 0 Å². The van der Waals surface area contributed by atoms with Crippen LogP contribution >= 0.6 is 35.2 Å². The summed E-state index contributed by atoms with van der Waals surface area (Å²) in [5.41, 5.74) is 7.54. The number of nitrogens with two attached hydrogens (primary N) is 1. The van der Waals surface area contributed by atoms with Gasteiger partial charge < -0.3 is 15.8 Å². The van der Waals surface area contributed by atoms with Gasteiger partial charge >= 0.3 is 0 Å². The maximum atomic E-state index is 12.4. The number of benzene rings is 1. The second-order valence-electron chi connectivity index (χ2n) is 4.26. The van der Waals surface area contributed by atoms with Gasteiger partial charge in [-0.05, 0) is 30.0 Å². The van der Waals surface area contributed by atoms with Gasteiger partial charge in [0.1, 0.15) is 15.6 Å². The number of para-hydroxylation sites is 1. The molecule has 0 aliphatic carbocycles. The monoisotopic (exact) mass is 340 g/mol. The molecule has 0 saturated carbocycles. The topological polar surface area (TPSA) is 64.3 Å². The van der Waals surface area contributed by atoms with E-state index < -0.39 is 0 Å². The van der Waals surface area contributed by atoms with E-state index in [9.17, 15) is 4.79 Å². The van der Waals surface area contributed by atoms with Gasteiger partial charge in [0.25, 0.3) is 5.91 Å². The molecule has 0 aliphatic heterocycles. The van der Waals surface area contributed by atoms with Gasteiger partial charge in [0.05, 0.1) is 17.8 Å². The highest BCUT2D eigenvalue weighted by Crippen LogP contribution is 2.32. The zero-order chi connectivity index (χ0) is 15.6. The van der Waals surface area contributed by atoms with Crippen molar-refractivity contribution in [2.75, 3.05) is 12.4 Å². The molecule has 1 aromatic heterocycles. The van der Waals surface area contributed by atoms with E-state index in [0.29, 0.717) is 26.9 Å². The lowest BCUT2D eigenvalue weighted by molar-refractivity contribution is 0.103. The van der Waals surface area contributed by atoms with Crippen molar-refractivity contribution in [2.24, 2.45) is 5.73 Å². The summed E-state index contributed by atoms with van der Waals surface area (Å²) in [5.74, 6) is 0.165. The van der Waals surface area contributed by atoms with Crippen molar-refractivity contribution in [1.82, 2.24) is 0 Å². The molecule has 7 heteroatoms. The summed E-state index contributed by atoms with van der Waals surface area (Å²) >= 11 is 12.4. The number of carbonyl (C=O) groups is 1. The van der Waals surface area contributed by atoms with Crippen molar-refractivity contribution in [3.8, 4) is 5.75 Å². The van der Waals surface area contributed by atoms with E-state index in [2.05, 4.69) is 5.32 Å². The minimum absolute atomic E-state index is 0.178. The van der Waals surface area contributed by atoms with Crippen molar-refractivity contribution < 1.29 is 9.53 Å². The molecule has 110 valence electrons. The minimum atomic E-state index is -0.319. The molecule has 0 saturated heterocycles. The normalized spacial score (nSPS) is 10.2. The van der Waals surface area contributed by atoms with Crippen LogP contribution in [0.2, 0.25) is 5.02 Å². The molecule has 21 heavy (non-hydrogen) atoms. The second-order valence-corrected chi connectivity index (χ2v) is 5.96. The number of halogens is 1. The van der Waals surface area contributed by atoms with Crippen molar-refractivity contribution in [1.29, 1.82) is 0 Å². The fourth-order valence-electron chi connectivity index (χ4n) is 1.79. The molecule has 0 bridgehead atoms. The molecule has 0 radical (unpaired) electrons.